The first-order valence-electron chi connectivity index (χ1n) is 5.66. The van der Waals surface area contributed by atoms with E-state index in [1.807, 2.05) is 0 Å². The van der Waals surface area contributed by atoms with Gasteiger partial charge in [0.2, 0.25) is 0 Å². The highest BCUT2D eigenvalue weighted by Gasteiger charge is 2.14. The van der Waals surface area contributed by atoms with Crippen molar-refractivity contribution in [2.75, 3.05) is 5.75 Å². The molecule has 0 saturated heterocycles. The van der Waals surface area contributed by atoms with Crippen LogP contribution in [0.5, 0.6) is 0 Å². The van der Waals surface area contributed by atoms with E-state index in [0.29, 0.717) is 6.04 Å². The molecule has 78 valence electrons. The lowest BCUT2D eigenvalue weighted by atomic mass is 10.2. The molecule has 1 aliphatic rings. The summed E-state index contributed by atoms with van der Waals surface area (Å²) < 4.78 is 0. The first-order chi connectivity index (χ1) is 6.29. The van der Waals surface area contributed by atoms with Crippen LogP contribution in [0.15, 0.2) is 0 Å². The van der Waals surface area contributed by atoms with Gasteiger partial charge in [-0.2, -0.15) is 11.8 Å². The molecule has 2 heteroatoms. The van der Waals surface area contributed by atoms with Crippen LogP contribution in [0.25, 0.3) is 0 Å². The summed E-state index contributed by atoms with van der Waals surface area (Å²) in [5.41, 5.74) is 5.69. The van der Waals surface area contributed by atoms with Gasteiger partial charge >= 0.3 is 0 Å². The quantitative estimate of drug-likeness (QED) is 0.668. The Bertz CT molecular complexity index is 119. The Morgan fingerprint density at radius 2 is 2.00 bits per heavy atom. The monoisotopic (exact) mass is 201 g/mol. The molecule has 0 aromatic rings. The van der Waals surface area contributed by atoms with Gasteiger partial charge in [-0.15, -0.1) is 0 Å². The molecule has 0 spiro atoms. The van der Waals surface area contributed by atoms with Gasteiger partial charge in [-0.3, -0.25) is 0 Å². The fourth-order valence-corrected chi connectivity index (χ4v) is 3.24. The maximum atomic E-state index is 5.69. The lowest BCUT2D eigenvalue weighted by Crippen LogP contribution is -2.14. The average Bonchev–Trinajstić information content (AvgIpc) is 2.55. The van der Waals surface area contributed by atoms with E-state index in [2.05, 4.69) is 18.7 Å². The number of thioether (sulfide) groups is 1. The molecule has 0 heterocycles. The van der Waals surface area contributed by atoms with E-state index in [0.717, 1.165) is 5.25 Å². The smallest absolute Gasteiger partial charge is 0.00470 e. The highest BCUT2D eigenvalue weighted by atomic mass is 32.2. The molecule has 0 aliphatic heterocycles. The normalized spacial score (nSPS) is 20.8. The first kappa shape index (κ1) is 11.4. The molecule has 1 fully saturated rings. The van der Waals surface area contributed by atoms with Crippen LogP contribution in [0.3, 0.4) is 0 Å². The Hall–Kier alpha value is 0.310. The second-order valence-corrected chi connectivity index (χ2v) is 5.66. The summed E-state index contributed by atoms with van der Waals surface area (Å²) in [6, 6.07) is 0.400. The number of hydrogen-bond acceptors (Lipinski definition) is 2. The van der Waals surface area contributed by atoms with Crippen LogP contribution in [-0.2, 0) is 0 Å². The molecule has 0 bridgehead atoms. The Morgan fingerprint density at radius 1 is 1.31 bits per heavy atom. The van der Waals surface area contributed by atoms with Gasteiger partial charge in [-0.1, -0.05) is 19.3 Å². The largest absolute Gasteiger partial charge is 0.328 e. The van der Waals surface area contributed by atoms with Crippen molar-refractivity contribution in [2.45, 2.75) is 63.2 Å². The molecular formula is C11H23NS. The molecule has 1 saturated carbocycles. The number of hydrogen-bond donors (Lipinski definition) is 1. The summed E-state index contributed by atoms with van der Waals surface area (Å²) in [7, 11) is 0. The molecule has 0 radical (unpaired) electrons. The number of rotatable bonds is 6. The van der Waals surface area contributed by atoms with Crippen molar-refractivity contribution in [3.63, 3.8) is 0 Å². The molecule has 0 aromatic heterocycles. The third kappa shape index (κ3) is 5.58. The molecule has 0 amide bonds. The Labute approximate surface area is 86.8 Å². The molecule has 0 aromatic carbocycles. The Balaban J connectivity index is 1.83. The maximum absolute atomic E-state index is 5.69. The molecule has 2 N–H and O–H groups in total. The van der Waals surface area contributed by atoms with Gasteiger partial charge in [0, 0.05) is 11.3 Å². The van der Waals surface area contributed by atoms with Crippen LogP contribution in [-0.4, -0.2) is 17.0 Å². The van der Waals surface area contributed by atoms with Crippen LogP contribution in [0, 0.1) is 0 Å². The molecule has 13 heavy (non-hydrogen) atoms. The third-order valence-electron chi connectivity index (χ3n) is 2.71. The minimum Gasteiger partial charge on any atom is -0.328 e. The molecule has 1 aliphatic carbocycles. The number of unbranched alkanes of at least 4 members (excludes halogenated alkanes) is 1. The van der Waals surface area contributed by atoms with Crippen LogP contribution < -0.4 is 5.73 Å². The van der Waals surface area contributed by atoms with E-state index in [9.17, 15) is 0 Å². The van der Waals surface area contributed by atoms with Crippen molar-refractivity contribution in [1.82, 2.24) is 0 Å². The van der Waals surface area contributed by atoms with Gasteiger partial charge in [0.25, 0.3) is 0 Å². The van der Waals surface area contributed by atoms with Gasteiger partial charge in [0.15, 0.2) is 0 Å². The zero-order valence-corrected chi connectivity index (χ0v) is 9.61. The third-order valence-corrected chi connectivity index (χ3v) is 4.18. The van der Waals surface area contributed by atoms with E-state index in [1.54, 1.807) is 0 Å². The zero-order chi connectivity index (χ0) is 9.52. The van der Waals surface area contributed by atoms with Crippen LogP contribution in [0.4, 0.5) is 0 Å². The molecule has 1 unspecified atom stereocenters. The van der Waals surface area contributed by atoms with Crippen molar-refractivity contribution in [3.8, 4) is 0 Å². The molecule has 1 atom stereocenters. The highest BCUT2D eigenvalue weighted by molar-refractivity contribution is 7.99. The van der Waals surface area contributed by atoms with Gasteiger partial charge in [-0.05, 0) is 38.4 Å². The van der Waals surface area contributed by atoms with E-state index < -0.39 is 0 Å². The van der Waals surface area contributed by atoms with Crippen molar-refractivity contribution in [3.05, 3.63) is 0 Å². The van der Waals surface area contributed by atoms with E-state index >= 15 is 0 Å². The zero-order valence-electron chi connectivity index (χ0n) is 8.80. The summed E-state index contributed by atoms with van der Waals surface area (Å²) >= 11 is 2.19. The Kier molecular flexibility index (Phi) is 5.88. The van der Waals surface area contributed by atoms with Crippen molar-refractivity contribution < 1.29 is 0 Å². The fraction of sp³-hybridized carbons (Fsp3) is 1.00. The maximum Gasteiger partial charge on any atom is 0.00470 e. The molecule has 1 nitrogen and oxygen atoms in total. The predicted octanol–water partition coefficient (Wildman–Crippen LogP) is 3.18. The second kappa shape index (κ2) is 6.72. The lowest BCUT2D eigenvalue weighted by molar-refractivity contribution is 0.618. The lowest BCUT2D eigenvalue weighted by Gasteiger charge is -2.08. The van der Waals surface area contributed by atoms with Crippen molar-refractivity contribution >= 4 is 11.8 Å². The minimum absolute atomic E-state index is 0.400. The van der Waals surface area contributed by atoms with E-state index in [1.165, 1.54) is 50.7 Å². The van der Waals surface area contributed by atoms with Gasteiger partial charge in [0.05, 0.1) is 0 Å². The topological polar surface area (TPSA) is 26.0 Å². The molecule has 1 rings (SSSR count). The van der Waals surface area contributed by atoms with E-state index in [-0.39, 0.29) is 0 Å². The fourth-order valence-electron chi connectivity index (χ4n) is 1.87. The van der Waals surface area contributed by atoms with Crippen molar-refractivity contribution in [2.24, 2.45) is 5.73 Å². The van der Waals surface area contributed by atoms with Gasteiger partial charge in [0.1, 0.15) is 0 Å². The van der Waals surface area contributed by atoms with Crippen molar-refractivity contribution in [1.29, 1.82) is 0 Å². The van der Waals surface area contributed by atoms with Gasteiger partial charge in [-0.25, -0.2) is 0 Å². The SMILES string of the molecule is CC(N)CCCCSC1CCCC1. The average molecular weight is 201 g/mol. The summed E-state index contributed by atoms with van der Waals surface area (Å²) in [6.07, 6.45) is 9.76. The first-order valence-corrected chi connectivity index (χ1v) is 6.71. The van der Waals surface area contributed by atoms with E-state index in [4.69, 9.17) is 5.73 Å². The standard InChI is InChI=1S/C11H23NS/c1-10(12)6-4-5-9-13-11-7-2-3-8-11/h10-11H,2-9,12H2,1H3. The van der Waals surface area contributed by atoms with Crippen LogP contribution in [0.1, 0.15) is 51.9 Å². The minimum atomic E-state index is 0.400. The summed E-state index contributed by atoms with van der Waals surface area (Å²) in [5, 5.41) is 0.996. The second-order valence-electron chi connectivity index (χ2n) is 4.25. The molecular weight excluding hydrogens is 178 g/mol. The van der Waals surface area contributed by atoms with Crippen LogP contribution in [0.2, 0.25) is 0 Å². The summed E-state index contributed by atoms with van der Waals surface area (Å²) in [6.45, 7) is 2.10. The van der Waals surface area contributed by atoms with Crippen LogP contribution >= 0.6 is 11.8 Å². The number of nitrogens with two attached hydrogens (primary N) is 1. The predicted molar refractivity (Wildman–Crippen MR) is 62.2 cm³/mol. The Morgan fingerprint density at radius 3 is 2.62 bits per heavy atom. The summed E-state index contributed by atoms with van der Waals surface area (Å²) in [5.74, 6) is 1.36. The van der Waals surface area contributed by atoms with Gasteiger partial charge < -0.3 is 5.73 Å². The highest BCUT2D eigenvalue weighted by Crippen LogP contribution is 2.29. The summed E-state index contributed by atoms with van der Waals surface area (Å²) in [4.78, 5) is 0.